The van der Waals surface area contributed by atoms with Crippen molar-refractivity contribution in [3.63, 3.8) is 0 Å². The second-order valence-corrected chi connectivity index (χ2v) is 5.57. The number of hydrogen-bond acceptors (Lipinski definition) is 3. The third-order valence-corrected chi connectivity index (χ3v) is 3.48. The molecule has 1 rings (SSSR count). The maximum absolute atomic E-state index is 11.7. The van der Waals surface area contributed by atoms with Crippen molar-refractivity contribution in [2.45, 2.75) is 31.8 Å². The van der Waals surface area contributed by atoms with Crippen LogP contribution in [-0.2, 0) is 9.59 Å². The molecule has 0 radical (unpaired) electrons. The summed E-state index contributed by atoms with van der Waals surface area (Å²) in [7, 11) is 0. The van der Waals surface area contributed by atoms with Crippen molar-refractivity contribution in [2.24, 2.45) is 0 Å². The van der Waals surface area contributed by atoms with Crippen LogP contribution in [0.1, 0.15) is 31.2 Å². The monoisotopic (exact) mass is 343 g/mol. The summed E-state index contributed by atoms with van der Waals surface area (Å²) in [6.07, 6.45) is -1.10. The van der Waals surface area contributed by atoms with Crippen molar-refractivity contribution < 1.29 is 19.8 Å². The zero-order chi connectivity index (χ0) is 15.1. The van der Waals surface area contributed by atoms with Crippen LogP contribution in [-0.4, -0.2) is 34.7 Å². The lowest BCUT2D eigenvalue weighted by molar-refractivity contribution is -0.147. The van der Waals surface area contributed by atoms with E-state index in [-0.39, 0.29) is 24.8 Å². The largest absolute Gasteiger partial charge is 0.479 e. The van der Waals surface area contributed by atoms with Gasteiger partial charge in [-0.2, -0.15) is 0 Å². The van der Waals surface area contributed by atoms with Gasteiger partial charge in [0, 0.05) is 23.9 Å². The van der Waals surface area contributed by atoms with Gasteiger partial charge in [0.25, 0.3) is 0 Å². The van der Waals surface area contributed by atoms with Crippen molar-refractivity contribution in [1.29, 1.82) is 0 Å². The lowest BCUT2D eigenvalue weighted by Gasteiger charge is -2.12. The zero-order valence-electron chi connectivity index (χ0n) is 11.2. The Hall–Kier alpha value is -1.40. The highest BCUT2D eigenvalue weighted by Crippen LogP contribution is 2.21. The molecule has 0 aliphatic heterocycles. The van der Waals surface area contributed by atoms with E-state index in [4.69, 9.17) is 10.2 Å². The summed E-state index contributed by atoms with van der Waals surface area (Å²) in [6, 6.07) is 7.76. The van der Waals surface area contributed by atoms with E-state index < -0.39 is 12.1 Å². The molecule has 1 aromatic rings. The molecule has 0 aliphatic carbocycles. The van der Waals surface area contributed by atoms with Gasteiger partial charge >= 0.3 is 5.97 Å². The van der Waals surface area contributed by atoms with E-state index in [9.17, 15) is 9.59 Å². The first-order chi connectivity index (χ1) is 9.40. The van der Waals surface area contributed by atoms with Crippen LogP contribution >= 0.6 is 15.9 Å². The minimum Gasteiger partial charge on any atom is -0.479 e. The third-order valence-electron chi connectivity index (χ3n) is 2.96. The molecule has 0 fully saturated rings. The van der Waals surface area contributed by atoms with Crippen LogP contribution in [0.3, 0.4) is 0 Å². The number of benzene rings is 1. The molecule has 2 unspecified atom stereocenters. The fourth-order valence-corrected chi connectivity index (χ4v) is 2.00. The predicted octanol–water partition coefficient (Wildman–Crippen LogP) is 1.89. The number of carboxylic acid groups (broad SMARTS) is 1. The average Bonchev–Trinajstić information content (AvgIpc) is 2.39. The van der Waals surface area contributed by atoms with E-state index in [1.807, 2.05) is 31.2 Å². The Kier molecular flexibility index (Phi) is 6.67. The number of aliphatic hydroxyl groups excluding tert-OH is 1. The molecule has 1 aromatic carbocycles. The standard InChI is InChI=1S/C14H18BrNO4/c1-9(10-2-4-11(15)5-3-10)8-13(18)16-7-6-12(17)14(19)20/h2-5,9,12,17H,6-8H2,1H3,(H,16,18)(H,19,20). The van der Waals surface area contributed by atoms with E-state index in [2.05, 4.69) is 21.2 Å². The molecule has 110 valence electrons. The minimum absolute atomic E-state index is 0.00768. The molecule has 20 heavy (non-hydrogen) atoms. The number of carboxylic acids is 1. The van der Waals surface area contributed by atoms with Crippen molar-refractivity contribution in [3.05, 3.63) is 34.3 Å². The maximum Gasteiger partial charge on any atom is 0.332 e. The summed E-state index contributed by atoms with van der Waals surface area (Å²) in [5.41, 5.74) is 1.06. The van der Waals surface area contributed by atoms with Crippen LogP contribution < -0.4 is 5.32 Å². The molecule has 0 aromatic heterocycles. The maximum atomic E-state index is 11.7. The summed E-state index contributed by atoms with van der Waals surface area (Å²) in [4.78, 5) is 22.1. The fourth-order valence-electron chi connectivity index (χ4n) is 1.73. The lowest BCUT2D eigenvalue weighted by Crippen LogP contribution is -2.30. The Balaban J connectivity index is 2.35. The molecule has 0 aliphatic rings. The van der Waals surface area contributed by atoms with E-state index in [1.165, 1.54) is 0 Å². The number of carbonyl (C=O) groups is 2. The first-order valence-corrected chi connectivity index (χ1v) is 7.12. The van der Waals surface area contributed by atoms with E-state index in [0.29, 0.717) is 6.42 Å². The van der Waals surface area contributed by atoms with Crippen molar-refractivity contribution in [3.8, 4) is 0 Å². The Morgan fingerprint density at radius 3 is 2.45 bits per heavy atom. The van der Waals surface area contributed by atoms with Crippen LogP contribution in [0.15, 0.2) is 28.7 Å². The van der Waals surface area contributed by atoms with Crippen LogP contribution in [0.25, 0.3) is 0 Å². The Labute approximate surface area is 126 Å². The smallest absolute Gasteiger partial charge is 0.332 e. The van der Waals surface area contributed by atoms with Crippen LogP contribution in [0, 0.1) is 0 Å². The second-order valence-electron chi connectivity index (χ2n) is 4.65. The van der Waals surface area contributed by atoms with E-state index in [0.717, 1.165) is 10.0 Å². The van der Waals surface area contributed by atoms with Gasteiger partial charge in [-0.05, 0) is 23.6 Å². The predicted molar refractivity (Wildman–Crippen MR) is 78.4 cm³/mol. The molecule has 6 heteroatoms. The number of aliphatic carboxylic acids is 1. The summed E-state index contributed by atoms with van der Waals surface area (Å²) in [5, 5.41) is 20.2. The van der Waals surface area contributed by atoms with Gasteiger partial charge in [0.1, 0.15) is 0 Å². The number of halogens is 1. The molecular formula is C14H18BrNO4. The number of amides is 1. The molecule has 3 N–H and O–H groups in total. The average molecular weight is 344 g/mol. The zero-order valence-corrected chi connectivity index (χ0v) is 12.8. The molecule has 0 bridgehead atoms. The third kappa shape index (κ3) is 5.71. The lowest BCUT2D eigenvalue weighted by atomic mass is 9.97. The van der Waals surface area contributed by atoms with Crippen LogP contribution in [0.2, 0.25) is 0 Å². The highest BCUT2D eigenvalue weighted by molar-refractivity contribution is 9.10. The SMILES string of the molecule is CC(CC(=O)NCCC(O)C(=O)O)c1ccc(Br)cc1. The van der Waals surface area contributed by atoms with Crippen molar-refractivity contribution >= 4 is 27.8 Å². The number of nitrogens with one attached hydrogen (secondary N) is 1. The van der Waals surface area contributed by atoms with E-state index in [1.54, 1.807) is 0 Å². The van der Waals surface area contributed by atoms with Crippen molar-refractivity contribution in [1.82, 2.24) is 5.32 Å². The molecule has 1 amide bonds. The molecule has 5 nitrogen and oxygen atoms in total. The van der Waals surface area contributed by atoms with Crippen LogP contribution in [0.4, 0.5) is 0 Å². The molecular weight excluding hydrogens is 326 g/mol. The van der Waals surface area contributed by atoms with Gasteiger partial charge in [-0.15, -0.1) is 0 Å². The highest BCUT2D eigenvalue weighted by atomic mass is 79.9. The Morgan fingerprint density at radius 2 is 1.90 bits per heavy atom. The minimum atomic E-state index is -1.43. The summed E-state index contributed by atoms with van der Waals surface area (Å²) in [6.45, 7) is 2.11. The van der Waals surface area contributed by atoms with Gasteiger partial charge in [0.15, 0.2) is 6.10 Å². The summed E-state index contributed by atoms with van der Waals surface area (Å²) in [5.74, 6) is -1.35. The van der Waals surface area contributed by atoms with Crippen LogP contribution in [0.5, 0.6) is 0 Å². The Morgan fingerprint density at radius 1 is 1.30 bits per heavy atom. The molecule has 2 atom stereocenters. The van der Waals surface area contributed by atoms with Gasteiger partial charge in [0.2, 0.25) is 5.91 Å². The van der Waals surface area contributed by atoms with Gasteiger partial charge in [-0.25, -0.2) is 4.79 Å². The number of aliphatic hydroxyl groups is 1. The number of rotatable bonds is 7. The second kappa shape index (κ2) is 8.01. The van der Waals surface area contributed by atoms with E-state index >= 15 is 0 Å². The van der Waals surface area contributed by atoms with Gasteiger partial charge in [-0.1, -0.05) is 35.0 Å². The highest BCUT2D eigenvalue weighted by Gasteiger charge is 2.14. The summed E-state index contributed by atoms with van der Waals surface area (Å²) < 4.78 is 0.987. The quantitative estimate of drug-likeness (QED) is 0.705. The topological polar surface area (TPSA) is 86.6 Å². The molecule has 0 heterocycles. The number of hydrogen-bond donors (Lipinski definition) is 3. The first-order valence-electron chi connectivity index (χ1n) is 6.33. The van der Waals surface area contributed by atoms with Gasteiger partial charge in [-0.3, -0.25) is 4.79 Å². The Bertz CT molecular complexity index is 461. The molecule has 0 saturated carbocycles. The molecule has 0 spiro atoms. The normalized spacial score (nSPS) is 13.6. The molecule has 0 saturated heterocycles. The summed E-state index contributed by atoms with van der Waals surface area (Å²) >= 11 is 3.35. The fraction of sp³-hybridized carbons (Fsp3) is 0.429. The van der Waals surface area contributed by atoms with Gasteiger partial charge < -0.3 is 15.5 Å². The van der Waals surface area contributed by atoms with Gasteiger partial charge in [0.05, 0.1) is 0 Å². The first kappa shape index (κ1) is 16.7. The van der Waals surface area contributed by atoms with Crippen molar-refractivity contribution in [2.75, 3.05) is 6.54 Å². The number of carbonyl (C=O) groups excluding carboxylic acids is 1.